The lowest BCUT2D eigenvalue weighted by atomic mass is 9.88. The van der Waals surface area contributed by atoms with Gasteiger partial charge in [0.15, 0.2) is 0 Å². The number of aryl methyl sites for hydroxylation is 1. The van der Waals surface area contributed by atoms with E-state index in [2.05, 4.69) is 14.9 Å². The summed E-state index contributed by atoms with van der Waals surface area (Å²) in [4.78, 5) is 34.5. The third kappa shape index (κ3) is 3.08. The molecule has 0 saturated carbocycles. The van der Waals surface area contributed by atoms with Crippen LogP contribution < -0.4 is 5.56 Å². The predicted octanol–water partition coefficient (Wildman–Crippen LogP) is 1.40. The summed E-state index contributed by atoms with van der Waals surface area (Å²) in [6, 6.07) is 6.09. The second-order valence-corrected chi connectivity index (χ2v) is 4.88. The van der Waals surface area contributed by atoms with Crippen LogP contribution in [0.15, 0.2) is 29.1 Å². The van der Waals surface area contributed by atoms with Crippen LogP contribution in [0.1, 0.15) is 39.5 Å². The first-order valence-electron chi connectivity index (χ1n) is 6.61. The minimum Gasteiger partial charge on any atom is -0.478 e. The number of hydrogen-bond donors (Lipinski definition) is 3. The number of hydrogen-bond acceptors (Lipinski definition) is 4. The number of rotatable bonds is 5. The minimum atomic E-state index is -1.04. The lowest BCUT2D eigenvalue weighted by Gasteiger charge is -2.15. The molecule has 0 aliphatic rings. The summed E-state index contributed by atoms with van der Waals surface area (Å²) in [7, 11) is 1.28. The van der Waals surface area contributed by atoms with Crippen molar-refractivity contribution in [1.82, 2.24) is 10.2 Å². The van der Waals surface area contributed by atoms with Crippen LogP contribution >= 0.6 is 0 Å². The number of carboxylic acids is 1. The lowest BCUT2D eigenvalue weighted by Crippen LogP contribution is -2.17. The first-order chi connectivity index (χ1) is 10.4. The number of carbonyl (C=O) groups is 2. The van der Waals surface area contributed by atoms with E-state index >= 15 is 0 Å². The van der Waals surface area contributed by atoms with Crippen LogP contribution in [0.4, 0.5) is 0 Å². The van der Waals surface area contributed by atoms with E-state index < -0.39 is 17.9 Å². The number of carbonyl (C=O) groups excluding carboxylic acids is 1. The van der Waals surface area contributed by atoms with Crippen molar-refractivity contribution in [1.29, 1.82) is 0 Å². The number of ether oxygens (including phenoxy) is 1. The van der Waals surface area contributed by atoms with Gasteiger partial charge in [0.2, 0.25) is 0 Å². The molecule has 3 N–H and O–H groups in total. The Labute approximate surface area is 125 Å². The van der Waals surface area contributed by atoms with Crippen LogP contribution in [0.25, 0.3) is 0 Å². The molecule has 1 heterocycles. The van der Waals surface area contributed by atoms with Crippen molar-refractivity contribution in [2.75, 3.05) is 7.11 Å². The Morgan fingerprint density at radius 3 is 2.32 bits per heavy atom. The summed E-state index contributed by atoms with van der Waals surface area (Å²) in [5.41, 5.74) is 1.56. The number of benzene rings is 1. The van der Waals surface area contributed by atoms with Crippen molar-refractivity contribution in [3.8, 4) is 0 Å². The Morgan fingerprint density at radius 2 is 1.86 bits per heavy atom. The second kappa shape index (κ2) is 6.30. The van der Waals surface area contributed by atoms with Crippen molar-refractivity contribution in [2.45, 2.75) is 19.3 Å². The van der Waals surface area contributed by atoms with Crippen LogP contribution in [0, 0.1) is 6.92 Å². The summed E-state index contributed by atoms with van der Waals surface area (Å²) >= 11 is 0. The van der Waals surface area contributed by atoms with Gasteiger partial charge in [0.25, 0.3) is 5.56 Å². The zero-order chi connectivity index (χ0) is 16.3. The molecule has 22 heavy (non-hydrogen) atoms. The molecule has 0 unspecified atom stereocenters. The highest BCUT2D eigenvalue weighted by Gasteiger charge is 2.24. The van der Waals surface area contributed by atoms with E-state index in [9.17, 15) is 14.4 Å². The molecule has 116 valence electrons. The maximum Gasteiger partial charge on any atom is 0.335 e. The molecule has 0 aliphatic carbocycles. The summed E-state index contributed by atoms with van der Waals surface area (Å²) in [6.07, 6.45) is -0.00923. The Balaban J connectivity index is 2.46. The summed E-state index contributed by atoms with van der Waals surface area (Å²) in [6.45, 7) is 1.73. The molecule has 0 spiro atoms. The molecule has 0 saturated heterocycles. The maximum atomic E-state index is 12.0. The molecule has 2 aromatic rings. The van der Waals surface area contributed by atoms with Gasteiger partial charge in [0, 0.05) is 17.2 Å². The van der Waals surface area contributed by atoms with Crippen molar-refractivity contribution in [2.24, 2.45) is 0 Å². The number of carboxylic acid groups (broad SMARTS) is 1. The molecule has 0 aliphatic heterocycles. The van der Waals surface area contributed by atoms with Gasteiger partial charge in [-0.3, -0.25) is 14.7 Å². The van der Waals surface area contributed by atoms with Crippen molar-refractivity contribution in [3.05, 3.63) is 57.0 Å². The number of methoxy groups -OCH3 is 1. The normalized spacial score (nSPS) is 11.9. The standard InChI is InChI=1S/C15H16N2O5/c1-8-13(14(19)17-16-8)11(7-12(18)22-2)9-3-5-10(6-4-9)15(20)21/h3-6,11H,7H2,1-2H3,(H,20,21)(H2,16,17,19)/t11-/m0/s1. The highest BCUT2D eigenvalue weighted by atomic mass is 16.5. The van der Waals surface area contributed by atoms with Gasteiger partial charge >= 0.3 is 11.9 Å². The fourth-order valence-corrected chi connectivity index (χ4v) is 2.37. The van der Waals surface area contributed by atoms with E-state index in [-0.39, 0.29) is 17.5 Å². The molecular formula is C15H16N2O5. The largest absolute Gasteiger partial charge is 0.478 e. The lowest BCUT2D eigenvalue weighted by molar-refractivity contribution is -0.140. The Kier molecular flexibility index (Phi) is 4.45. The Bertz CT molecular complexity index is 742. The van der Waals surface area contributed by atoms with Gasteiger partial charge in [-0.05, 0) is 24.6 Å². The van der Waals surface area contributed by atoms with Crippen LogP contribution in [0.5, 0.6) is 0 Å². The molecule has 0 bridgehead atoms. The predicted molar refractivity (Wildman–Crippen MR) is 78.0 cm³/mol. The third-order valence-electron chi connectivity index (χ3n) is 3.52. The van der Waals surface area contributed by atoms with E-state index in [1.54, 1.807) is 19.1 Å². The van der Waals surface area contributed by atoms with Gasteiger partial charge in [-0.2, -0.15) is 0 Å². The van der Waals surface area contributed by atoms with Crippen LogP contribution in [-0.2, 0) is 9.53 Å². The zero-order valence-corrected chi connectivity index (χ0v) is 12.2. The number of esters is 1. The van der Waals surface area contributed by atoms with Crippen molar-refractivity contribution < 1.29 is 19.4 Å². The topological polar surface area (TPSA) is 112 Å². The summed E-state index contributed by atoms with van der Waals surface area (Å²) in [5, 5.41) is 14.1. The van der Waals surface area contributed by atoms with Gasteiger partial charge in [0.05, 0.1) is 19.1 Å². The fourth-order valence-electron chi connectivity index (χ4n) is 2.37. The van der Waals surface area contributed by atoms with Gasteiger partial charge in [-0.25, -0.2) is 4.79 Å². The molecule has 1 aromatic carbocycles. The van der Waals surface area contributed by atoms with Crippen molar-refractivity contribution >= 4 is 11.9 Å². The monoisotopic (exact) mass is 304 g/mol. The third-order valence-corrected chi connectivity index (χ3v) is 3.52. The minimum absolute atomic E-state index is 0.00923. The first-order valence-corrected chi connectivity index (χ1v) is 6.61. The number of nitrogens with one attached hydrogen (secondary N) is 2. The van der Waals surface area contributed by atoms with Crippen LogP contribution in [0.3, 0.4) is 0 Å². The smallest absolute Gasteiger partial charge is 0.335 e. The molecule has 7 heteroatoms. The molecule has 7 nitrogen and oxygen atoms in total. The van der Waals surface area contributed by atoms with Gasteiger partial charge in [0.1, 0.15) is 0 Å². The molecule has 2 rings (SSSR count). The van der Waals surface area contributed by atoms with Gasteiger partial charge in [-0.1, -0.05) is 12.1 Å². The molecule has 1 aromatic heterocycles. The molecule has 0 fully saturated rings. The van der Waals surface area contributed by atoms with E-state index in [4.69, 9.17) is 5.11 Å². The summed E-state index contributed by atoms with van der Waals surface area (Å²) in [5.74, 6) is -2.00. The van der Waals surface area contributed by atoms with E-state index in [0.717, 1.165) is 0 Å². The van der Waals surface area contributed by atoms with Crippen LogP contribution in [0.2, 0.25) is 0 Å². The van der Waals surface area contributed by atoms with E-state index in [1.807, 2.05) is 0 Å². The second-order valence-electron chi connectivity index (χ2n) is 4.88. The Morgan fingerprint density at radius 1 is 1.23 bits per heavy atom. The first kappa shape index (κ1) is 15.6. The van der Waals surface area contributed by atoms with Crippen molar-refractivity contribution in [3.63, 3.8) is 0 Å². The Hall–Kier alpha value is -2.83. The van der Waals surface area contributed by atoms with E-state index in [1.165, 1.54) is 19.2 Å². The quantitative estimate of drug-likeness (QED) is 0.723. The van der Waals surface area contributed by atoms with Gasteiger partial charge < -0.3 is 14.9 Å². The zero-order valence-electron chi connectivity index (χ0n) is 12.2. The number of aromatic nitrogens is 2. The summed E-state index contributed by atoms with van der Waals surface area (Å²) < 4.78 is 4.69. The van der Waals surface area contributed by atoms with E-state index in [0.29, 0.717) is 16.8 Å². The van der Waals surface area contributed by atoms with Gasteiger partial charge in [-0.15, -0.1) is 0 Å². The van der Waals surface area contributed by atoms with Crippen LogP contribution in [-0.4, -0.2) is 34.4 Å². The molecular weight excluding hydrogens is 288 g/mol. The average molecular weight is 304 g/mol. The number of aromatic amines is 2. The average Bonchev–Trinajstić information content (AvgIpc) is 2.84. The number of aromatic carboxylic acids is 1. The maximum absolute atomic E-state index is 12.0. The highest BCUT2D eigenvalue weighted by Crippen LogP contribution is 2.28. The number of H-pyrrole nitrogens is 2. The fraction of sp³-hybridized carbons (Fsp3) is 0.267. The molecule has 1 atom stereocenters. The SMILES string of the molecule is COC(=O)C[C@@H](c1ccc(C(=O)O)cc1)c1c(C)[nH][nH]c1=O. The molecule has 0 amide bonds. The molecule has 0 radical (unpaired) electrons. The highest BCUT2D eigenvalue weighted by molar-refractivity contribution is 5.87.